The first-order valence-electron chi connectivity index (χ1n) is 8.41. The van der Waals surface area contributed by atoms with Gasteiger partial charge in [0.1, 0.15) is 17.6 Å². The maximum absolute atomic E-state index is 9.74. The van der Waals surface area contributed by atoms with Gasteiger partial charge in [-0.3, -0.25) is 0 Å². The smallest absolute Gasteiger partial charge is 0.146 e. The number of phenols is 1. The molecule has 0 bridgehead atoms. The highest BCUT2D eigenvalue weighted by molar-refractivity contribution is 5.62. The van der Waals surface area contributed by atoms with E-state index < -0.39 is 0 Å². The summed E-state index contributed by atoms with van der Waals surface area (Å²) < 4.78 is 6.18. The average molecular weight is 311 g/mol. The standard InChI is InChI=1S/C20H25NO2/c1-4-21-13-17(23-20-12-16(22)9-10-19(20)21)11-15-7-5-6-8-18(15)14(2)3/h5-10,12,14,17,22H,4,11,13H2,1-3H3. The third-order valence-electron chi connectivity index (χ3n) is 4.51. The molecule has 3 rings (SSSR count). The van der Waals surface area contributed by atoms with E-state index in [1.54, 1.807) is 12.1 Å². The highest BCUT2D eigenvalue weighted by Crippen LogP contribution is 2.37. The maximum atomic E-state index is 9.74. The summed E-state index contributed by atoms with van der Waals surface area (Å²) in [5, 5.41) is 9.74. The van der Waals surface area contributed by atoms with Crippen LogP contribution in [0.5, 0.6) is 11.5 Å². The molecule has 3 heteroatoms. The van der Waals surface area contributed by atoms with Crippen LogP contribution >= 0.6 is 0 Å². The summed E-state index contributed by atoms with van der Waals surface area (Å²) in [4.78, 5) is 2.32. The van der Waals surface area contributed by atoms with E-state index in [1.165, 1.54) is 11.1 Å². The lowest BCUT2D eigenvalue weighted by Gasteiger charge is -2.36. The largest absolute Gasteiger partial charge is 0.508 e. The van der Waals surface area contributed by atoms with Gasteiger partial charge in [-0.2, -0.15) is 0 Å². The summed E-state index contributed by atoms with van der Waals surface area (Å²) in [6.07, 6.45) is 0.990. The monoisotopic (exact) mass is 311 g/mol. The molecule has 122 valence electrons. The van der Waals surface area contributed by atoms with E-state index in [1.807, 2.05) is 6.07 Å². The van der Waals surface area contributed by atoms with Gasteiger partial charge in [0.15, 0.2) is 0 Å². The van der Waals surface area contributed by atoms with Crippen LogP contribution in [0.25, 0.3) is 0 Å². The van der Waals surface area contributed by atoms with Crippen LogP contribution in [0.4, 0.5) is 5.69 Å². The molecule has 0 saturated heterocycles. The molecular weight excluding hydrogens is 286 g/mol. The molecule has 0 aromatic heterocycles. The number of anilines is 1. The highest BCUT2D eigenvalue weighted by Gasteiger charge is 2.26. The van der Waals surface area contributed by atoms with Crippen molar-refractivity contribution >= 4 is 5.69 Å². The average Bonchev–Trinajstić information content (AvgIpc) is 2.54. The summed E-state index contributed by atoms with van der Waals surface area (Å²) in [5.74, 6) is 1.54. The van der Waals surface area contributed by atoms with Gasteiger partial charge >= 0.3 is 0 Å². The molecule has 0 radical (unpaired) electrons. The van der Waals surface area contributed by atoms with Crippen LogP contribution < -0.4 is 9.64 Å². The van der Waals surface area contributed by atoms with E-state index in [0.29, 0.717) is 5.92 Å². The van der Waals surface area contributed by atoms with E-state index >= 15 is 0 Å². The van der Waals surface area contributed by atoms with Crippen LogP contribution in [-0.4, -0.2) is 24.3 Å². The number of hydrogen-bond acceptors (Lipinski definition) is 3. The molecule has 1 aliphatic rings. The molecule has 0 spiro atoms. The van der Waals surface area contributed by atoms with Crippen molar-refractivity contribution in [1.29, 1.82) is 0 Å². The van der Waals surface area contributed by atoms with Crippen LogP contribution in [0, 0.1) is 0 Å². The quantitative estimate of drug-likeness (QED) is 0.911. The van der Waals surface area contributed by atoms with Gasteiger partial charge in [0.05, 0.1) is 12.2 Å². The number of ether oxygens (including phenoxy) is 1. The topological polar surface area (TPSA) is 32.7 Å². The minimum Gasteiger partial charge on any atom is -0.508 e. The summed E-state index contributed by atoms with van der Waals surface area (Å²) >= 11 is 0. The Labute approximate surface area is 138 Å². The van der Waals surface area contributed by atoms with Gasteiger partial charge in [0, 0.05) is 19.0 Å². The van der Waals surface area contributed by atoms with Crippen molar-refractivity contribution in [3.8, 4) is 11.5 Å². The van der Waals surface area contributed by atoms with E-state index in [4.69, 9.17) is 4.74 Å². The molecular formula is C20H25NO2. The Kier molecular flexibility index (Phi) is 4.46. The molecule has 1 unspecified atom stereocenters. The van der Waals surface area contributed by atoms with Crippen molar-refractivity contribution in [2.75, 3.05) is 18.0 Å². The normalized spacial score (nSPS) is 17.0. The minimum absolute atomic E-state index is 0.101. The van der Waals surface area contributed by atoms with E-state index in [-0.39, 0.29) is 11.9 Å². The van der Waals surface area contributed by atoms with E-state index in [2.05, 4.69) is 49.9 Å². The van der Waals surface area contributed by atoms with Crippen LogP contribution in [0.15, 0.2) is 42.5 Å². The zero-order chi connectivity index (χ0) is 16.4. The SMILES string of the molecule is CCN1CC(Cc2ccccc2C(C)C)Oc2cc(O)ccc21. The number of likely N-dealkylation sites (N-methyl/N-ethyl adjacent to an activating group) is 1. The van der Waals surface area contributed by atoms with E-state index in [0.717, 1.165) is 30.9 Å². The van der Waals surface area contributed by atoms with E-state index in [9.17, 15) is 5.11 Å². The van der Waals surface area contributed by atoms with Crippen LogP contribution in [-0.2, 0) is 6.42 Å². The second kappa shape index (κ2) is 6.53. The third-order valence-corrected chi connectivity index (χ3v) is 4.51. The summed E-state index contributed by atoms with van der Waals surface area (Å²) in [7, 11) is 0. The van der Waals surface area contributed by atoms with Gasteiger partial charge in [0.25, 0.3) is 0 Å². The number of phenolic OH excluding ortho intramolecular Hbond substituents is 1. The number of aromatic hydroxyl groups is 1. The molecule has 23 heavy (non-hydrogen) atoms. The molecule has 3 nitrogen and oxygen atoms in total. The van der Waals surface area contributed by atoms with Gasteiger partial charge in [0.2, 0.25) is 0 Å². The molecule has 2 aromatic rings. The first-order chi connectivity index (χ1) is 11.1. The lowest BCUT2D eigenvalue weighted by atomic mass is 9.93. The lowest BCUT2D eigenvalue weighted by Crippen LogP contribution is -2.41. The zero-order valence-corrected chi connectivity index (χ0v) is 14.1. The second-order valence-corrected chi connectivity index (χ2v) is 6.49. The number of benzene rings is 2. The Hall–Kier alpha value is -2.16. The summed E-state index contributed by atoms with van der Waals surface area (Å²) in [6.45, 7) is 8.42. The van der Waals surface area contributed by atoms with Crippen LogP contribution in [0.3, 0.4) is 0 Å². The predicted molar refractivity (Wildman–Crippen MR) is 94.6 cm³/mol. The van der Waals surface area contributed by atoms with Gasteiger partial charge < -0.3 is 14.7 Å². The first-order valence-corrected chi connectivity index (χ1v) is 8.41. The summed E-state index contributed by atoms with van der Waals surface area (Å²) in [5.41, 5.74) is 3.81. The Morgan fingerprint density at radius 1 is 1.22 bits per heavy atom. The molecule has 1 heterocycles. The fourth-order valence-corrected chi connectivity index (χ4v) is 3.35. The third kappa shape index (κ3) is 3.29. The Balaban J connectivity index is 1.85. The molecule has 0 amide bonds. The minimum atomic E-state index is 0.101. The molecule has 1 aliphatic heterocycles. The maximum Gasteiger partial charge on any atom is 0.146 e. The predicted octanol–water partition coefficient (Wildman–Crippen LogP) is 4.35. The Morgan fingerprint density at radius 3 is 2.74 bits per heavy atom. The molecule has 0 fully saturated rings. The summed E-state index contributed by atoms with van der Waals surface area (Å²) in [6, 6.07) is 14.0. The number of rotatable bonds is 4. The van der Waals surface area contributed by atoms with Gasteiger partial charge in [-0.1, -0.05) is 38.1 Å². The number of fused-ring (bicyclic) bond motifs is 1. The fraction of sp³-hybridized carbons (Fsp3) is 0.400. The van der Waals surface area contributed by atoms with Gasteiger partial charge in [-0.05, 0) is 36.1 Å². The number of nitrogens with zero attached hydrogens (tertiary/aromatic N) is 1. The Bertz CT molecular complexity index is 681. The van der Waals surface area contributed by atoms with Crippen molar-refractivity contribution < 1.29 is 9.84 Å². The van der Waals surface area contributed by atoms with Crippen molar-refractivity contribution in [1.82, 2.24) is 0 Å². The van der Waals surface area contributed by atoms with Crippen molar-refractivity contribution in [3.05, 3.63) is 53.6 Å². The zero-order valence-electron chi connectivity index (χ0n) is 14.1. The lowest BCUT2D eigenvalue weighted by molar-refractivity contribution is 0.193. The van der Waals surface area contributed by atoms with Gasteiger partial charge in [-0.25, -0.2) is 0 Å². The fourth-order valence-electron chi connectivity index (χ4n) is 3.35. The van der Waals surface area contributed by atoms with Crippen molar-refractivity contribution in [2.24, 2.45) is 0 Å². The first kappa shape index (κ1) is 15.7. The second-order valence-electron chi connectivity index (χ2n) is 6.49. The molecule has 2 aromatic carbocycles. The highest BCUT2D eigenvalue weighted by atomic mass is 16.5. The molecule has 1 atom stereocenters. The van der Waals surface area contributed by atoms with Crippen molar-refractivity contribution in [3.63, 3.8) is 0 Å². The number of hydrogen-bond donors (Lipinski definition) is 1. The van der Waals surface area contributed by atoms with Crippen molar-refractivity contribution in [2.45, 2.75) is 39.2 Å². The molecule has 1 N–H and O–H groups in total. The molecule has 0 saturated carbocycles. The van der Waals surface area contributed by atoms with Crippen LogP contribution in [0.2, 0.25) is 0 Å². The molecule has 0 aliphatic carbocycles. The van der Waals surface area contributed by atoms with Crippen LogP contribution in [0.1, 0.15) is 37.8 Å². The Morgan fingerprint density at radius 2 is 2.00 bits per heavy atom. The van der Waals surface area contributed by atoms with Gasteiger partial charge in [-0.15, -0.1) is 0 Å².